The number of rotatable bonds is 10. The Morgan fingerprint density at radius 2 is 0.468 bits per heavy atom. The maximum atomic E-state index is 2.51. The minimum atomic E-state index is -2.01. The molecule has 47 heavy (non-hydrogen) atoms. The van der Waals surface area contributed by atoms with Crippen molar-refractivity contribution < 1.29 is 17.0 Å². The number of halogens is 1. The molecule has 7 aromatic carbocycles. The van der Waals surface area contributed by atoms with Crippen LogP contribution in [0, 0.1) is 0 Å². The van der Waals surface area contributed by atoms with Crippen LogP contribution >= 0.6 is 14.5 Å². The molecule has 7 rings (SSSR count). The molecule has 0 aliphatic heterocycles. The summed E-state index contributed by atoms with van der Waals surface area (Å²) in [4.78, 5) is 0. The molecule has 0 nitrogen and oxygen atoms in total. The van der Waals surface area contributed by atoms with Crippen LogP contribution in [0.15, 0.2) is 206 Å². The van der Waals surface area contributed by atoms with Gasteiger partial charge in [0.05, 0.1) is 12.3 Å². The first kappa shape index (κ1) is 32.8. The molecule has 0 saturated heterocycles. The van der Waals surface area contributed by atoms with E-state index in [0.29, 0.717) is 0 Å². The average molecular weight is 709 g/mol. The van der Waals surface area contributed by atoms with Gasteiger partial charge in [-0.1, -0.05) is 127 Å². The van der Waals surface area contributed by atoms with Gasteiger partial charge in [0, 0.05) is 0 Å². The molecule has 0 saturated carbocycles. The van der Waals surface area contributed by atoms with E-state index in [1.165, 1.54) is 43.0 Å². The maximum absolute atomic E-state index is 2.51. The highest BCUT2D eigenvalue weighted by Gasteiger charge is 2.47. The van der Waals surface area contributed by atoms with Crippen LogP contribution in [-0.2, 0) is 12.3 Å². The van der Waals surface area contributed by atoms with E-state index in [2.05, 4.69) is 206 Å². The summed E-state index contributed by atoms with van der Waals surface area (Å²) in [5.41, 5.74) is 2.77. The van der Waals surface area contributed by atoms with Crippen molar-refractivity contribution >= 4 is 46.4 Å². The van der Waals surface area contributed by atoms with Crippen molar-refractivity contribution in [1.29, 1.82) is 0 Å². The largest absolute Gasteiger partial charge is 1.00 e. The van der Waals surface area contributed by atoms with E-state index in [4.69, 9.17) is 0 Å². The van der Waals surface area contributed by atoms with Gasteiger partial charge in [0.1, 0.15) is 46.4 Å². The summed E-state index contributed by atoms with van der Waals surface area (Å²) in [6.45, 7) is 0. The van der Waals surface area contributed by atoms with E-state index in [0.717, 1.165) is 12.3 Å². The van der Waals surface area contributed by atoms with Gasteiger partial charge in [0.15, 0.2) is 0 Å². The quantitative estimate of drug-likeness (QED) is 0.161. The predicted molar refractivity (Wildman–Crippen MR) is 204 cm³/mol. The summed E-state index contributed by atoms with van der Waals surface area (Å²) in [5.74, 6) is 0. The molecule has 0 heterocycles. The second kappa shape index (κ2) is 15.2. The zero-order valence-corrected chi connectivity index (χ0v) is 29.7. The predicted octanol–water partition coefficient (Wildman–Crippen LogP) is 5.68. The van der Waals surface area contributed by atoms with Crippen molar-refractivity contribution in [3.05, 3.63) is 217 Å². The van der Waals surface area contributed by atoms with E-state index in [1.807, 2.05) is 0 Å². The third-order valence-corrected chi connectivity index (χ3v) is 17.8. The van der Waals surface area contributed by atoms with Gasteiger partial charge in [-0.3, -0.25) is 0 Å². The summed E-state index contributed by atoms with van der Waals surface area (Å²) in [7, 11) is -4.02. The van der Waals surface area contributed by atoms with Gasteiger partial charge in [0.25, 0.3) is 0 Å². The van der Waals surface area contributed by atoms with Crippen LogP contribution in [0.3, 0.4) is 0 Å². The van der Waals surface area contributed by atoms with Crippen molar-refractivity contribution in [1.82, 2.24) is 0 Å². The average Bonchev–Trinajstić information content (AvgIpc) is 3.15. The maximum Gasteiger partial charge on any atom is 0.116 e. The van der Waals surface area contributed by atoms with Crippen LogP contribution in [-0.4, -0.2) is 0 Å². The van der Waals surface area contributed by atoms with Gasteiger partial charge >= 0.3 is 0 Å². The minimum absolute atomic E-state index is 0. The normalized spacial score (nSPS) is 11.4. The molecule has 0 unspecified atom stereocenters. The van der Waals surface area contributed by atoms with Gasteiger partial charge in [-0.15, -0.1) is 0 Å². The van der Waals surface area contributed by atoms with E-state index in [9.17, 15) is 0 Å². The van der Waals surface area contributed by atoms with Gasteiger partial charge in [-0.05, 0) is 90.0 Å². The Hall–Kier alpha value is -4.12. The Labute approximate surface area is 291 Å². The minimum Gasteiger partial charge on any atom is -1.00 e. The van der Waals surface area contributed by atoms with Crippen molar-refractivity contribution in [3.8, 4) is 0 Å². The lowest BCUT2D eigenvalue weighted by Crippen LogP contribution is -3.00. The lowest BCUT2D eigenvalue weighted by molar-refractivity contribution is -0.00000883. The van der Waals surface area contributed by atoms with Gasteiger partial charge < -0.3 is 17.0 Å². The van der Waals surface area contributed by atoms with Crippen molar-refractivity contribution in [3.63, 3.8) is 0 Å². The van der Waals surface area contributed by atoms with Crippen molar-refractivity contribution in [2.45, 2.75) is 12.3 Å². The van der Waals surface area contributed by atoms with E-state index in [-0.39, 0.29) is 17.0 Å². The highest BCUT2D eigenvalue weighted by Crippen LogP contribution is 2.60. The highest BCUT2D eigenvalue weighted by molar-refractivity contribution is 7.95. The summed E-state index contributed by atoms with van der Waals surface area (Å²) in [6, 6.07) is 76.8. The summed E-state index contributed by atoms with van der Waals surface area (Å²) in [5, 5.41) is 8.49. The standard InChI is InChI=1S/C44H38P2.BrH/c1-7-22-39(23-8-1)45(40-24-9-2-10-25-40,41-26-11-3-12-27-41)35-37-20-19-21-38(34-37)36-46(42-28-13-4-14-29-42,43-30-15-5-16-31-43)44-32-17-6-18-33-44;/h1-34H,35-36H2;1H/q+2;/p-1. The molecule has 3 heteroatoms. The molecule has 0 radical (unpaired) electrons. The Bertz CT molecular complexity index is 1630. The third-order valence-electron chi connectivity index (χ3n) is 9.01. The molecule has 0 aromatic heterocycles. The van der Waals surface area contributed by atoms with Crippen LogP contribution < -0.4 is 48.8 Å². The topological polar surface area (TPSA) is 0 Å². The third kappa shape index (κ3) is 6.68. The lowest BCUT2D eigenvalue weighted by Gasteiger charge is -2.29. The second-order valence-corrected chi connectivity index (χ2v) is 18.7. The van der Waals surface area contributed by atoms with Crippen LogP contribution in [0.1, 0.15) is 11.1 Å². The molecular weight excluding hydrogens is 670 g/mol. The van der Waals surface area contributed by atoms with Gasteiger partial charge in [-0.25, -0.2) is 0 Å². The first-order valence-electron chi connectivity index (χ1n) is 16.0. The molecule has 0 fully saturated rings. The lowest BCUT2D eigenvalue weighted by atomic mass is 10.2. The van der Waals surface area contributed by atoms with E-state index in [1.54, 1.807) is 0 Å². The Kier molecular flexibility index (Phi) is 10.6. The zero-order chi connectivity index (χ0) is 31.1. The van der Waals surface area contributed by atoms with Crippen LogP contribution in [0.25, 0.3) is 0 Å². The fraction of sp³-hybridized carbons (Fsp3) is 0.0455. The van der Waals surface area contributed by atoms with Crippen LogP contribution in [0.5, 0.6) is 0 Å². The van der Waals surface area contributed by atoms with Crippen molar-refractivity contribution in [2.24, 2.45) is 0 Å². The molecule has 7 aromatic rings. The number of hydrogen-bond acceptors (Lipinski definition) is 0. The molecule has 0 bridgehead atoms. The second-order valence-electron chi connectivity index (χ2n) is 11.8. The molecule has 0 atom stereocenters. The summed E-state index contributed by atoms with van der Waals surface area (Å²) in [6.07, 6.45) is 1.93. The van der Waals surface area contributed by atoms with E-state index < -0.39 is 14.5 Å². The van der Waals surface area contributed by atoms with E-state index >= 15 is 0 Å². The molecule has 0 amide bonds. The fourth-order valence-electron chi connectivity index (χ4n) is 6.91. The Balaban J connectivity index is 0.00000386. The monoisotopic (exact) mass is 707 g/mol. The molecule has 0 aliphatic carbocycles. The first-order chi connectivity index (χ1) is 22.8. The molecule has 230 valence electrons. The van der Waals surface area contributed by atoms with Crippen LogP contribution in [0.2, 0.25) is 0 Å². The molecule has 0 aliphatic rings. The summed E-state index contributed by atoms with van der Waals surface area (Å²) >= 11 is 0. The van der Waals surface area contributed by atoms with Gasteiger partial charge in [-0.2, -0.15) is 0 Å². The smallest absolute Gasteiger partial charge is 0.116 e. The first-order valence-corrected chi connectivity index (χ1v) is 19.9. The summed E-state index contributed by atoms with van der Waals surface area (Å²) < 4.78 is 0. The molecule has 0 N–H and O–H groups in total. The van der Waals surface area contributed by atoms with Crippen molar-refractivity contribution in [2.75, 3.05) is 0 Å². The highest BCUT2D eigenvalue weighted by atomic mass is 79.9. The number of benzene rings is 7. The fourth-order valence-corrected chi connectivity index (χ4v) is 15.4. The Morgan fingerprint density at radius 3 is 0.681 bits per heavy atom. The van der Waals surface area contributed by atoms with Gasteiger partial charge in [0.2, 0.25) is 0 Å². The van der Waals surface area contributed by atoms with Crippen LogP contribution in [0.4, 0.5) is 0 Å². The Morgan fingerprint density at radius 1 is 0.255 bits per heavy atom. The molecule has 0 spiro atoms. The number of hydrogen-bond donors (Lipinski definition) is 0. The zero-order valence-electron chi connectivity index (χ0n) is 26.3. The molecular formula is C44H38BrP2+. The SMILES string of the molecule is [Br-].c1ccc([P+](Cc2cccc(C[P+](c3ccccc3)(c3ccccc3)c3ccccc3)c2)(c2ccccc2)c2ccccc2)cc1.